The molecule has 1 unspecified atom stereocenters. The number of carbonyl (C=O) groups excluding carboxylic acids is 1. The molecule has 0 heterocycles. The summed E-state index contributed by atoms with van der Waals surface area (Å²) in [5.41, 5.74) is 0. The molecule has 1 aliphatic carbocycles. The van der Waals surface area contributed by atoms with Crippen LogP contribution in [0.1, 0.15) is 26.2 Å². The Morgan fingerprint density at radius 2 is 2.11 bits per heavy atom. The molecule has 0 radical (unpaired) electrons. The SMILES string of the molecule is CC(Oc1ccc(S(=O)(=O)[C@@H]2CC[C@@H](C(=O)NCC#N)C2)c(Cl)c1)C(F)(F)F. The molecule has 28 heavy (non-hydrogen) atoms. The molecule has 0 saturated heterocycles. The fourth-order valence-electron chi connectivity index (χ4n) is 2.97. The van der Waals surface area contributed by atoms with Gasteiger partial charge >= 0.3 is 6.18 Å². The van der Waals surface area contributed by atoms with E-state index in [1.54, 1.807) is 6.07 Å². The molecule has 1 saturated carbocycles. The third-order valence-electron chi connectivity index (χ3n) is 4.52. The molecule has 0 bridgehead atoms. The van der Waals surface area contributed by atoms with E-state index in [1.165, 1.54) is 0 Å². The van der Waals surface area contributed by atoms with Crippen molar-refractivity contribution in [2.45, 2.75) is 48.6 Å². The maximum Gasteiger partial charge on any atom is 0.425 e. The van der Waals surface area contributed by atoms with Crippen molar-refractivity contribution in [3.05, 3.63) is 23.2 Å². The van der Waals surface area contributed by atoms with Gasteiger partial charge in [-0.3, -0.25) is 4.79 Å². The smallest absolute Gasteiger partial charge is 0.425 e. The topological polar surface area (TPSA) is 96.3 Å². The maximum atomic E-state index is 12.8. The second-order valence-electron chi connectivity index (χ2n) is 6.45. The number of nitrogens with zero attached hydrogens (tertiary/aromatic N) is 1. The van der Waals surface area contributed by atoms with Gasteiger partial charge in [0.2, 0.25) is 5.91 Å². The zero-order valence-corrected chi connectivity index (χ0v) is 16.4. The van der Waals surface area contributed by atoms with Gasteiger partial charge in [0.05, 0.1) is 21.2 Å². The van der Waals surface area contributed by atoms with E-state index in [2.05, 4.69) is 5.32 Å². The van der Waals surface area contributed by atoms with Crippen molar-refractivity contribution in [1.82, 2.24) is 5.32 Å². The number of alkyl halides is 3. The Labute approximate surface area is 165 Å². The number of sulfone groups is 1. The highest BCUT2D eigenvalue weighted by Gasteiger charge is 2.40. The number of carbonyl (C=O) groups is 1. The second kappa shape index (κ2) is 8.57. The quantitative estimate of drug-likeness (QED) is 0.688. The zero-order valence-electron chi connectivity index (χ0n) is 14.8. The van der Waals surface area contributed by atoms with Crippen LogP contribution in [0.5, 0.6) is 5.75 Å². The Balaban J connectivity index is 2.14. The Morgan fingerprint density at radius 3 is 2.68 bits per heavy atom. The van der Waals surface area contributed by atoms with Crippen LogP contribution in [-0.4, -0.2) is 38.4 Å². The van der Waals surface area contributed by atoms with Gasteiger partial charge in [0.25, 0.3) is 0 Å². The lowest BCUT2D eigenvalue weighted by Crippen LogP contribution is -2.31. The summed E-state index contributed by atoms with van der Waals surface area (Å²) >= 11 is 6.00. The molecule has 6 nitrogen and oxygen atoms in total. The first kappa shape index (κ1) is 22.3. The van der Waals surface area contributed by atoms with Crippen molar-refractivity contribution >= 4 is 27.3 Å². The summed E-state index contributed by atoms with van der Waals surface area (Å²) in [5, 5.41) is 9.81. The van der Waals surface area contributed by atoms with E-state index >= 15 is 0 Å². The molecule has 3 atom stereocenters. The number of rotatable bonds is 6. The summed E-state index contributed by atoms with van der Waals surface area (Å²) in [6, 6.07) is 5.03. The molecule has 1 fully saturated rings. The second-order valence-corrected chi connectivity index (χ2v) is 9.05. The van der Waals surface area contributed by atoms with Crippen LogP contribution in [0.3, 0.4) is 0 Å². The van der Waals surface area contributed by atoms with E-state index in [0.717, 1.165) is 25.1 Å². The highest BCUT2D eigenvalue weighted by molar-refractivity contribution is 7.92. The Hall–Kier alpha value is -1.99. The van der Waals surface area contributed by atoms with Crippen molar-refractivity contribution in [1.29, 1.82) is 5.26 Å². The van der Waals surface area contributed by atoms with Gasteiger partial charge in [-0.15, -0.1) is 0 Å². The summed E-state index contributed by atoms with van der Waals surface area (Å²) in [5.74, 6) is -1.11. The number of nitriles is 1. The van der Waals surface area contributed by atoms with Crippen LogP contribution in [0.15, 0.2) is 23.1 Å². The number of nitrogens with one attached hydrogen (secondary N) is 1. The minimum absolute atomic E-state index is 0.0826. The Morgan fingerprint density at radius 1 is 1.43 bits per heavy atom. The van der Waals surface area contributed by atoms with E-state index in [4.69, 9.17) is 21.6 Å². The predicted octanol–water partition coefficient (Wildman–Crippen LogP) is 3.25. The lowest BCUT2D eigenvalue weighted by atomic mass is 10.1. The maximum absolute atomic E-state index is 12.8. The summed E-state index contributed by atoms with van der Waals surface area (Å²) in [6.45, 7) is 0.672. The van der Waals surface area contributed by atoms with Crippen molar-refractivity contribution in [3.63, 3.8) is 0 Å². The van der Waals surface area contributed by atoms with Gasteiger partial charge in [0.1, 0.15) is 12.3 Å². The summed E-state index contributed by atoms with van der Waals surface area (Å²) in [4.78, 5) is 11.7. The van der Waals surface area contributed by atoms with Gasteiger partial charge in [0.15, 0.2) is 15.9 Å². The molecule has 0 aromatic heterocycles. The van der Waals surface area contributed by atoms with Crippen LogP contribution in [0.2, 0.25) is 5.02 Å². The summed E-state index contributed by atoms with van der Waals surface area (Å²) in [6.07, 6.45) is -5.97. The Bertz CT molecular complexity index is 883. The third-order valence-corrected chi connectivity index (χ3v) is 7.22. The fraction of sp³-hybridized carbons (Fsp3) is 0.529. The monoisotopic (exact) mass is 438 g/mol. The number of hydrogen-bond donors (Lipinski definition) is 1. The third kappa shape index (κ3) is 5.08. The Kier molecular flexibility index (Phi) is 6.83. The van der Waals surface area contributed by atoms with Gasteiger partial charge < -0.3 is 10.1 Å². The van der Waals surface area contributed by atoms with Crippen molar-refractivity contribution in [2.75, 3.05) is 6.54 Å². The fourth-order valence-corrected chi connectivity index (χ4v) is 5.34. The molecular weight excluding hydrogens is 421 g/mol. The zero-order chi connectivity index (χ0) is 21.1. The molecule has 2 rings (SSSR count). The van der Waals surface area contributed by atoms with E-state index in [1.807, 2.05) is 0 Å². The number of amides is 1. The first-order chi connectivity index (χ1) is 13.0. The van der Waals surface area contributed by atoms with E-state index in [-0.39, 0.29) is 41.0 Å². The predicted molar refractivity (Wildman–Crippen MR) is 94.5 cm³/mol. The van der Waals surface area contributed by atoms with Crippen LogP contribution in [-0.2, 0) is 14.6 Å². The number of halogens is 4. The van der Waals surface area contributed by atoms with Gasteiger partial charge in [0, 0.05) is 12.0 Å². The molecule has 1 aromatic carbocycles. The van der Waals surface area contributed by atoms with E-state index in [9.17, 15) is 26.4 Å². The van der Waals surface area contributed by atoms with Crippen molar-refractivity contribution < 1.29 is 31.1 Å². The van der Waals surface area contributed by atoms with Gasteiger partial charge in [-0.1, -0.05) is 11.6 Å². The van der Waals surface area contributed by atoms with Gasteiger partial charge in [-0.2, -0.15) is 18.4 Å². The minimum Gasteiger partial charge on any atom is -0.481 e. The van der Waals surface area contributed by atoms with Crippen LogP contribution in [0.25, 0.3) is 0 Å². The number of ether oxygens (including phenoxy) is 1. The summed E-state index contributed by atoms with van der Waals surface area (Å²) < 4.78 is 68.2. The van der Waals surface area contributed by atoms with Crippen LogP contribution in [0, 0.1) is 17.2 Å². The van der Waals surface area contributed by atoms with Crippen LogP contribution < -0.4 is 10.1 Å². The number of hydrogen-bond acceptors (Lipinski definition) is 5. The van der Waals surface area contributed by atoms with E-state index < -0.39 is 33.3 Å². The van der Waals surface area contributed by atoms with Gasteiger partial charge in [-0.25, -0.2) is 8.42 Å². The highest BCUT2D eigenvalue weighted by Crippen LogP contribution is 2.37. The van der Waals surface area contributed by atoms with Gasteiger partial charge in [-0.05, 0) is 38.3 Å². The van der Waals surface area contributed by atoms with Crippen molar-refractivity contribution in [2.24, 2.45) is 5.92 Å². The molecule has 0 spiro atoms. The normalized spacial score (nSPS) is 21.0. The van der Waals surface area contributed by atoms with Crippen LogP contribution in [0.4, 0.5) is 13.2 Å². The molecule has 1 aromatic rings. The largest absolute Gasteiger partial charge is 0.481 e. The average Bonchev–Trinajstić information content (AvgIpc) is 3.09. The van der Waals surface area contributed by atoms with Crippen LogP contribution >= 0.6 is 11.6 Å². The average molecular weight is 439 g/mol. The van der Waals surface area contributed by atoms with E-state index in [0.29, 0.717) is 6.42 Å². The molecule has 0 aliphatic heterocycles. The first-order valence-electron chi connectivity index (χ1n) is 8.38. The van der Waals surface area contributed by atoms with Crippen molar-refractivity contribution in [3.8, 4) is 11.8 Å². The molecule has 1 N–H and O–H groups in total. The molecule has 11 heteroatoms. The molecular formula is C17H18ClF3N2O4S. The first-order valence-corrected chi connectivity index (χ1v) is 10.3. The summed E-state index contributed by atoms with van der Waals surface area (Å²) in [7, 11) is -3.88. The standard InChI is InChI=1S/C17H18ClF3N2O4S/c1-10(17(19,20)21)27-12-3-5-15(14(18)9-12)28(25,26)13-4-2-11(8-13)16(24)23-7-6-22/h3,5,9-11,13H,2,4,7-8H2,1H3,(H,23,24)/t10?,11-,13-/m1/s1. The number of benzene rings is 1. The minimum atomic E-state index is -4.57. The molecule has 154 valence electrons. The lowest BCUT2D eigenvalue weighted by molar-refractivity contribution is -0.189. The highest BCUT2D eigenvalue weighted by atomic mass is 35.5. The lowest BCUT2D eigenvalue weighted by Gasteiger charge is -2.19. The molecule has 1 amide bonds. The molecule has 1 aliphatic rings.